The fraction of sp³-hybridized carbons (Fsp3) is 0.818. The molecule has 0 heterocycles. The van der Waals surface area contributed by atoms with E-state index in [9.17, 15) is 9.59 Å². The molecule has 2 atom stereocenters. The van der Waals surface area contributed by atoms with Gasteiger partial charge in [-0.2, -0.15) is 0 Å². The highest BCUT2D eigenvalue weighted by Gasteiger charge is 2.44. The number of ether oxygens (including phenoxy) is 1. The van der Waals surface area contributed by atoms with Crippen LogP contribution in [-0.4, -0.2) is 30.1 Å². The highest BCUT2D eigenvalue weighted by atomic mass is 16.5. The number of hydrogen-bond donors (Lipinski definition) is 2. The Labute approximate surface area is 95.7 Å². The molecule has 0 aromatic carbocycles. The van der Waals surface area contributed by atoms with Gasteiger partial charge < -0.3 is 15.8 Å². The molecule has 2 unspecified atom stereocenters. The number of nitrogens with two attached hydrogens (primary N) is 1. The van der Waals surface area contributed by atoms with Crippen LogP contribution in [0.15, 0.2) is 0 Å². The molecule has 0 aromatic heterocycles. The topological polar surface area (TPSA) is 81.4 Å². The van der Waals surface area contributed by atoms with Crippen molar-refractivity contribution >= 4 is 11.9 Å². The number of amides is 1. The second kappa shape index (κ2) is 4.82. The maximum atomic E-state index is 11.8. The lowest BCUT2D eigenvalue weighted by atomic mass is 9.96. The molecule has 0 spiro atoms. The van der Waals surface area contributed by atoms with Crippen LogP contribution in [0.25, 0.3) is 0 Å². The average Bonchev–Trinajstić information content (AvgIpc) is 3.00. The van der Waals surface area contributed by atoms with E-state index >= 15 is 0 Å². The molecule has 1 fully saturated rings. The van der Waals surface area contributed by atoms with Crippen molar-refractivity contribution in [1.82, 2.24) is 5.32 Å². The number of nitrogens with one attached hydrogen (secondary N) is 1. The fourth-order valence-electron chi connectivity index (χ4n) is 1.55. The summed E-state index contributed by atoms with van der Waals surface area (Å²) < 4.78 is 4.80. The summed E-state index contributed by atoms with van der Waals surface area (Å²) in [6, 6.07) is -0.644. The van der Waals surface area contributed by atoms with Crippen molar-refractivity contribution in [1.29, 1.82) is 0 Å². The Bertz CT molecular complexity index is 285. The summed E-state index contributed by atoms with van der Waals surface area (Å²) in [6.45, 7) is 5.34. The van der Waals surface area contributed by atoms with Crippen molar-refractivity contribution in [3.63, 3.8) is 0 Å². The third-order valence-electron chi connectivity index (χ3n) is 2.90. The van der Waals surface area contributed by atoms with Gasteiger partial charge in [0.15, 0.2) is 0 Å². The minimum absolute atomic E-state index is 0.238. The van der Waals surface area contributed by atoms with Gasteiger partial charge in [-0.1, -0.05) is 0 Å². The van der Waals surface area contributed by atoms with Gasteiger partial charge in [-0.15, -0.1) is 0 Å². The predicted octanol–water partition coefficient (Wildman–Crippen LogP) is 0.182. The van der Waals surface area contributed by atoms with Gasteiger partial charge in [0.2, 0.25) is 5.91 Å². The minimum Gasteiger partial charge on any atom is -0.464 e. The Morgan fingerprint density at radius 3 is 2.56 bits per heavy atom. The Morgan fingerprint density at radius 1 is 1.56 bits per heavy atom. The van der Waals surface area contributed by atoms with Gasteiger partial charge in [0.05, 0.1) is 12.1 Å². The van der Waals surface area contributed by atoms with Gasteiger partial charge in [-0.3, -0.25) is 4.79 Å². The van der Waals surface area contributed by atoms with E-state index in [1.54, 1.807) is 20.8 Å². The van der Waals surface area contributed by atoms with Crippen LogP contribution in [-0.2, 0) is 14.3 Å². The first kappa shape index (κ1) is 13.0. The first-order valence-electron chi connectivity index (χ1n) is 5.66. The van der Waals surface area contributed by atoms with Crippen LogP contribution in [0.2, 0.25) is 0 Å². The molecule has 0 aromatic rings. The number of rotatable bonds is 5. The van der Waals surface area contributed by atoms with Crippen molar-refractivity contribution < 1.29 is 14.3 Å². The standard InChI is InChI=1S/C11H20N2O3/c1-4-16-9(14)7(2)13-10(15)11(3,12)8-5-6-8/h7-8H,4-6,12H2,1-3H3,(H,13,15). The smallest absolute Gasteiger partial charge is 0.328 e. The number of carbonyl (C=O) groups is 2. The summed E-state index contributed by atoms with van der Waals surface area (Å²) in [6.07, 6.45) is 1.96. The van der Waals surface area contributed by atoms with Crippen LogP contribution < -0.4 is 11.1 Å². The SMILES string of the molecule is CCOC(=O)C(C)NC(=O)C(C)(N)C1CC1. The molecule has 0 radical (unpaired) electrons. The molecular formula is C11H20N2O3. The van der Waals surface area contributed by atoms with E-state index < -0.39 is 17.6 Å². The molecule has 0 aliphatic heterocycles. The normalized spacial score (nSPS) is 20.8. The van der Waals surface area contributed by atoms with Gasteiger partial charge in [-0.25, -0.2) is 4.79 Å². The summed E-state index contributed by atoms with van der Waals surface area (Å²) in [5, 5.41) is 2.59. The lowest BCUT2D eigenvalue weighted by Crippen LogP contribution is -2.56. The van der Waals surface area contributed by atoms with Crippen molar-refractivity contribution in [3.8, 4) is 0 Å². The number of esters is 1. The van der Waals surface area contributed by atoms with E-state index in [4.69, 9.17) is 10.5 Å². The van der Waals surface area contributed by atoms with E-state index in [1.165, 1.54) is 0 Å². The fourth-order valence-corrected chi connectivity index (χ4v) is 1.55. The molecule has 0 bridgehead atoms. The van der Waals surface area contributed by atoms with E-state index in [0.717, 1.165) is 12.8 Å². The molecule has 1 aliphatic rings. The predicted molar refractivity (Wildman–Crippen MR) is 59.6 cm³/mol. The summed E-state index contributed by atoms with van der Waals surface area (Å²) in [5.41, 5.74) is 5.05. The molecule has 0 saturated heterocycles. The van der Waals surface area contributed by atoms with E-state index in [2.05, 4.69) is 5.32 Å². The summed E-state index contributed by atoms with van der Waals surface area (Å²) in [4.78, 5) is 23.1. The Balaban J connectivity index is 2.47. The van der Waals surface area contributed by atoms with E-state index in [-0.39, 0.29) is 11.8 Å². The van der Waals surface area contributed by atoms with Gasteiger partial charge >= 0.3 is 5.97 Å². The molecular weight excluding hydrogens is 208 g/mol. The second-order valence-corrected chi connectivity index (χ2v) is 4.50. The zero-order valence-corrected chi connectivity index (χ0v) is 10.1. The molecule has 5 heteroatoms. The second-order valence-electron chi connectivity index (χ2n) is 4.50. The lowest BCUT2D eigenvalue weighted by molar-refractivity contribution is -0.147. The first-order valence-corrected chi connectivity index (χ1v) is 5.66. The van der Waals surface area contributed by atoms with Crippen molar-refractivity contribution in [2.45, 2.75) is 45.2 Å². The summed E-state index contributed by atoms with van der Waals surface area (Å²) >= 11 is 0. The number of carbonyl (C=O) groups excluding carboxylic acids is 2. The van der Waals surface area contributed by atoms with Crippen LogP contribution in [0.1, 0.15) is 33.6 Å². The van der Waals surface area contributed by atoms with E-state index in [0.29, 0.717) is 6.61 Å². The molecule has 5 nitrogen and oxygen atoms in total. The molecule has 1 aliphatic carbocycles. The third kappa shape index (κ3) is 2.95. The van der Waals surface area contributed by atoms with Crippen molar-refractivity contribution in [3.05, 3.63) is 0 Å². The van der Waals surface area contributed by atoms with Crippen LogP contribution in [0.5, 0.6) is 0 Å². The molecule has 1 rings (SSSR count). The zero-order chi connectivity index (χ0) is 12.3. The molecule has 1 saturated carbocycles. The lowest BCUT2D eigenvalue weighted by Gasteiger charge is -2.25. The van der Waals surface area contributed by atoms with Crippen LogP contribution >= 0.6 is 0 Å². The zero-order valence-electron chi connectivity index (χ0n) is 10.1. The van der Waals surface area contributed by atoms with Gasteiger partial charge in [-0.05, 0) is 39.5 Å². The summed E-state index contributed by atoms with van der Waals surface area (Å²) in [5.74, 6) is -0.472. The van der Waals surface area contributed by atoms with Crippen molar-refractivity contribution in [2.24, 2.45) is 11.7 Å². The number of hydrogen-bond acceptors (Lipinski definition) is 4. The van der Waals surface area contributed by atoms with E-state index in [1.807, 2.05) is 0 Å². The van der Waals surface area contributed by atoms with Gasteiger partial charge in [0, 0.05) is 0 Å². The quantitative estimate of drug-likeness (QED) is 0.658. The van der Waals surface area contributed by atoms with Crippen LogP contribution in [0.3, 0.4) is 0 Å². The van der Waals surface area contributed by atoms with Crippen LogP contribution in [0, 0.1) is 5.92 Å². The van der Waals surface area contributed by atoms with Gasteiger partial charge in [0.1, 0.15) is 6.04 Å². The molecule has 3 N–H and O–H groups in total. The first-order chi connectivity index (χ1) is 7.39. The Kier molecular flexibility index (Phi) is 3.91. The molecule has 1 amide bonds. The third-order valence-corrected chi connectivity index (χ3v) is 2.90. The highest BCUT2D eigenvalue weighted by Crippen LogP contribution is 2.38. The monoisotopic (exact) mass is 228 g/mol. The maximum absolute atomic E-state index is 11.8. The van der Waals surface area contributed by atoms with Gasteiger partial charge in [0.25, 0.3) is 0 Å². The van der Waals surface area contributed by atoms with Crippen molar-refractivity contribution in [2.75, 3.05) is 6.61 Å². The minimum atomic E-state index is -0.874. The molecule has 92 valence electrons. The maximum Gasteiger partial charge on any atom is 0.328 e. The highest BCUT2D eigenvalue weighted by molar-refractivity contribution is 5.90. The summed E-state index contributed by atoms with van der Waals surface area (Å²) in [7, 11) is 0. The average molecular weight is 228 g/mol. The van der Waals surface area contributed by atoms with Crippen LogP contribution in [0.4, 0.5) is 0 Å². The largest absolute Gasteiger partial charge is 0.464 e. The Hall–Kier alpha value is -1.10. The molecule has 16 heavy (non-hydrogen) atoms. The Morgan fingerprint density at radius 2 is 2.12 bits per heavy atom.